The molecule has 0 radical (unpaired) electrons. The van der Waals surface area contributed by atoms with E-state index in [0.717, 1.165) is 16.7 Å². The molecular weight excluding hydrogens is 310 g/mol. The van der Waals surface area contributed by atoms with Crippen LogP contribution in [0.2, 0.25) is 0 Å². The summed E-state index contributed by atoms with van der Waals surface area (Å²) in [5.41, 5.74) is 8.41. The molecule has 0 unspecified atom stereocenters. The van der Waals surface area contributed by atoms with E-state index in [4.69, 9.17) is 5.73 Å². The number of aliphatic hydroxyl groups excluding tert-OH is 1. The quantitative estimate of drug-likeness (QED) is 0.760. The molecule has 1 atom stereocenters. The number of halogens is 1. The van der Waals surface area contributed by atoms with Gasteiger partial charge in [0.15, 0.2) is 0 Å². The van der Waals surface area contributed by atoms with Gasteiger partial charge >= 0.3 is 0 Å². The van der Waals surface area contributed by atoms with Crippen molar-refractivity contribution in [3.63, 3.8) is 0 Å². The molecule has 23 heavy (non-hydrogen) atoms. The monoisotopic (exact) mass is 343 g/mol. The molecule has 0 fully saturated rings. The lowest BCUT2D eigenvalue weighted by Crippen LogP contribution is -2.33. The highest BCUT2D eigenvalue weighted by Gasteiger charge is 2.32. The zero-order valence-electron chi connectivity index (χ0n) is 15.8. The predicted molar refractivity (Wildman–Crippen MR) is 101 cm³/mol. The van der Waals surface area contributed by atoms with Crippen molar-refractivity contribution in [2.45, 2.75) is 72.3 Å². The SMILES string of the molecule is CC(C)(C)c1cc([C@H](N)C(C)(C)CO)cc(C(C)(C)C)c1O.Cl. The Balaban J connectivity index is 0.00000484. The van der Waals surface area contributed by atoms with Gasteiger partial charge in [-0.05, 0) is 39.7 Å². The molecule has 0 saturated heterocycles. The highest BCUT2D eigenvalue weighted by atomic mass is 35.5. The highest BCUT2D eigenvalue weighted by Crippen LogP contribution is 2.42. The first kappa shape index (κ1) is 22.2. The van der Waals surface area contributed by atoms with E-state index in [1.54, 1.807) is 0 Å². The van der Waals surface area contributed by atoms with Crippen molar-refractivity contribution in [1.29, 1.82) is 0 Å². The van der Waals surface area contributed by atoms with Crippen molar-refractivity contribution in [2.75, 3.05) is 6.61 Å². The summed E-state index contributed by atoms with van der Waals surface area (Å²) in [6, 6.07) is 3.69. The van der Waals surface area contributed by atoms with Crippen LogP contribution in [0.25, 0.3) is 0 Å². The number of hydrogen-bond donors (Lipinski definition) is 3. The van der Waals surface area contributed by atoms with E-state index in [1.807, 2.05) is 26.0 Å². The molecule has 134 valence electrons. The summed E-state index contributed by atoms with van der Waals surface area (Å²) in [6.07, 6.45) is 0. The molecule has 0 heterocycles. The van der Waals surface area contributed by atoms with Crippen LogP contribution in [0, 0.1) is 5.41 Å². The van der Waals surface area contributed by atoms with Crippen LogP contribution < -0.4 is 5.73 Å². The lowest BCUT2D eigenvalue weighted by atomic mass is 9.74. The van der Waals surface area contributed by atoms with Gasteiger partial charge in [-0.15, -0.1) is 12.4 Å². The van der Waals surface area contributed by atoms with Crippen LogP contribution in [-0.4, -0.2) is 16.8 Å². The maximum absolute atomic E-state index is 10.7. The Kier molecular flexibility index (Phi) is 6.77. The molecule has 4 N–H and O–H groups in total. The van der Waals surface area contributed by atoms with Gasteiger partial charge in [-0.25, -0.2) is 0 Å². The molecule has 3 nitrogen and oxygen atoms in total. The number of aliphatic hydroxyl groups is 1. The summed E-state index contributed by atoms with van der Waals surface area (Å²) < 4.78 is 0. The van der Waals surface area contributed by atoms with Crippen molar-refractivity contribution in [1.82, 2.24) is 0 Å². The minimum Gasteiger partial charge on any atom is -0.507 e. The number of nitrogens with two attached hydrogens (primary N) is 1. The number of phenolic OH excluding ortho intramolecular Hbond substituents is 1. The number of rotatable bonds is 3. The standard InChI is InChI=1S/C19H33NO2.ClH/c1-17(2,3)13-9-12(16(20)19(7,8)11-21)10-14(15(13)22)18(4,5)6;/h9-10,16,21-22H,11,20H2,1-8H3;1H/t16-;/m0./s1. The van der Waals surface area contributed by atoms with Gasteiger partial charge in [-0.1, -0.05) is 55.4 Å². The van der Waals surface area contributed by atoms with Crippen molar-refractivity contribution in [3.05, 3.63) is 28.8 Å². The van der Waals surface area contributed by atoms with Crippen LogP contribution in [-0.2, 0) is 10.8 Å². The first-order chi connectivity index (χ1) is 9.71. The minimum absolute atomic E-state index is 0. The van der Waals surface area contributed by atoms with Gasteiger partial charge in [0.2, 0.25) is 0 Å². The molecule has 0 spiro atoms. The van der Waals surface area contributed by atoms with E-state index in [9.17, 15) is 10.2 Å². The summed E-state index contributed by atoms with van der Waals surface area (Å²) in [5.74, 6) is 0.359. The molecule has 0 aliphatic heterocycles. The fourth-order valence-corrected chi connectivity index (χ4v) is 2.53. The number of benzene rings is 1. The van der Waals surface area contributed by atoms with E-state index in [0.29, 0.717) is 5.75 Å². The van der Waals surface area contributed by atoms with Crippen molar-refractivity contribution in [3.8, 4) is 5.75 Å². The van der Waals surface area contributed by atoms with Crippen LogP contribution in [0.1, 0.15) is 78.1 Å². The summed E-state index contributed by atoms with van der Waals surface area (Å²) in [6.45, 7) is 16.4. The molecule has 1 aromatic carbocycles. The Bertz CT molecular complexity index is 504. The van der Waals surface area contributed by atoms with Gasteiger partial charge in [0.05, 0.1) is 0 Å². The lowest BCUT2D eigenvalue weighted by Gasteiger charge is -2.33. The zero-order chi connectivity index (χ0) is 17.5. The second-order valence-corrected chi connectivity index (χ2v) is 9.09. The van der Waals surface area contributed by atoms with Gasteiger partial charge < -0.3 is 15.9 Å². The number of phenols is 1. The third-order valence-electron chi connectivity index (χ3n) is 4.36. The van der Waals surface area contributed by atoms with E-state index >= 15 is 0 Å². The Morgan fingerprint density at radius 3 is 1.52 bits per heavy atom. The second kappa shape index (κ2) is 7.00. The summed E-state index contributed by atoms with van der Waals surface area (Å²) in [7, 11) is 0. The minimum atomic E-state index is -0.415. The Morgan fingerprint density at radius 1 is 0.913 bits per heavy atom. The maximum Gasteiger partial charge on any atom is 0.123 e. The van der Waals surface area contributed by atoms with Crippen molar-refractivity contribution < 1.29 is 10.2 Å². The van der Waals surface area contributed by atoms with Crippen molar-refractivity contribution in [2.24, 2.45) is 11.1 Å². The third kappa shape index (κ3) is 4.85. The third-order valence-corrected chi connectivity index (χ3v) is 4.36. The van der Waals surface area contributed by atoms with Gasteiger partial charge in [0.1, 0.15) is 5.75 Å². The molecular formula is C19H34ClNO2. The lowest BCUT2D eigenvalue weighted by molar-refractivity contribution is 0.132. The smallest absolute Gasteiger partial charge is 0.123 e. The summed E-state index contributed by atoms with van der Waals surface area (Å²) >= 11 is 0. The average molecular weight is 344 g/mol. The first-order valence-corrected chi connectivity index (χ1v) is 7.96. The molecule has 0 bridgehead atoms. The second-order valence-electron chi connectivity index (χ2n) is 9.09. The van der Waals surface area contributed by atoms with Gasteiger partial charge in [0.25, 0.3) is 0 Å². The molecule has 0 amide bonds. The summed E-state index contributed by atoms with van der Waals surface area (Å²) in [4.78, 5) is 0. The largest absolute Gasteiger partial charge is 0.507 e. The van der Waals surface area contributed by atoms with E-state index in [2.05, 4.69) is 41.5 Å². The predicted octanol–water partition coefficient (Wildman–Crippen LogP) is 4.43. The molecule has 0 aromatic heterocycles. The Labute approximate surface area is 147 Å². The average Bonchev–Trinajstić information content (AvgIpc) is 2.35. The maximum atomic E-state index is 10.7. The Morgan fingerprint density at radius 2 is 1.26 bits per heavy atom. The molecule has 1 rings (SSSR count). The van der Waals surface area contributed by atoms with Gasteiger partial charge in [-0.2, -0.15) is 0 Å². The Hall–Kier alpha value is -0.770. The molecule has 0 aliphatic carbocycles. The fourth-order valence-electron chi connectivity index (χ4n) is 2.53. The van der Waals surface area contributed by atoms with Gasteiger partial charge in [-0.3, -0.25) is 0 Å². The molecule has 4 heteroatoms. The van der Waals surface area contributed by atoms with Gasteiger partial charge in [0, 0.05) is 18.1 Å². The topological polar surface area (TPSA) is 66.5 Å². The van der Waals surface area contributed by atoms with Crippen LogP contribution in [0.3, 0.4) is 0 Å². The molecule has 1 aromatic rings. The number of hydrogen-bond acceptors (Lipinski definition) is 3. The summed E-state index contributed by atoms with van der Waals surface area (Å²) in [5, 5.41) is 20.3. The van der Waals surface area contributed by atoms with Crippen LogP contribution >= 0.6 is 12.4 Å². The molecule has 0 aliphatic rings. The van der Waals surface area contributed by atoms with Crippen LogP contribution in [0.15, 0.2) is 12.1 Å². The van der Waals surface area contributed by atoms with E-state index < -0.39 is 5.41 Å². The first-order valence-electron chi connectivity index (χ1n) is 7.96. The van der Waals surface area contributed by atoms with Crippen LogP contribution in [0.5, 0.6) is 5.75 Å². The van der Waals surface area contributed by atoms with Crippen molar-refractivity contribution >= 4 is 12.4 Å². The van der Waals surface area contributed by atoms with E-state index in [1.165, 1.54) is 0 Å². The highest BCUT2D eigenvalue weighted by molar-refractivity contribution is 5.85. The zero-order valence-corrected chi connectivity index (χ0v) is 16.6. The van der Waals surface area contributed by atoms with Crippen LogP contribution in [0.4, 0.5) is 0 Å². The van der Waals surface area contributed by atoms with E-state index in [-0.39, 0.29) is 35.9 Å². The fraction of sp³-hybridized carbons (Fsp3) is 0.684. The number of aromatic hydroxyl groups is 1. The normalized spacial score (nSPS) is 14.3. The molecule has 0 saturated carbocycles.